The number of benzene rings is 1. The van der Waals surface area contributed by atoms with Crippen LogP contribution >= 0.6 is 11.6 Å². The Morgan fingerprint density at radius 1 is 1.17 bits per heavy atom. The summed E-state index contributed by atoms with van der Waals surface area (Å²) in [6.45, 7) is 2.19. The molecule has 1 aromatic rings. The number of halogens is 1. The van der Waals surface area contributed by atoms with E-state index in [9.17, 15) is 4.79 Å². The first-order valence-electron chi connectivity index (χ1n) is 9.09. The summed E-state index contributed by atoms with van der Waals surface area (Å²) in [6.07, 6.45) is 7.59. The van der Waals surface area contributed by atoms with E-state index < -0.39 is 0 Å². The third kappa shape index (κ3) is 1.97. The van der Waals surface area contributed by atoms with Crippen LogP contribution in [0.3, 0.4) is 0 Å². The zero-order chi connectivity index (χ0) is 15.8. The number of rotatable bonds is 1. The normalized spacial score (nSPS) is 43.7. The molecule has 1 aliphatic heterocycles. The van der Waals surface area contributed by atoms with Gasteiger partial charge in [0.2, 0.25) is 5.91 Å². The molecule has 23 heavy (non-hydrogen) atoms. The number of amides is 1. The molecule has 1 amide bonds. The molecule has 2 nitrogen and oxygen atoms in total. The Morgan fingerprint density at radius 2 is 1.87 bits per heavy atom. The predicted molar refractivity (Wildman–Crippen MR) is 92.8 cm³/mol. The molecule has 1 heterocycles. The van der Waals surface area contributed by atoms with E-state index in [1.54, 1.807) is 0 Å². The first-order chi connectivity index (χ1) is 11.0. The minimum absolute atomic E-state index is 0.0950. The smallest absolute Gasteiger partial charge is 0.233 e. The van der Waals surface area contributed by atoms with Crippen molar-refractivity contribution in [2.45, 2.75) is 62.8 Å². The lowest BCUT2D eigenvalue weighted by molar-refractivity contribution is -0.142. The summed E-state index contributed by atoms with van der Waals surface area (Å²) >= 11 is 6.94. The molecule has 122 valence electrons. The van der Waals surface area contributed by atoms with Gasteiger partial charge in [-0.1, -0.05) is 18.2 Å². The van der Waals surface area contributed by atoms with Crippen molar-refractivity contribution in [1.29, 1.82) is 0 Å². The van der Waals surface area contributed by atoms with Gasteiger partial charge in [0, 0.05) is 16.6 Å². The van der Waals surface area contributed by atoms with E-state index >= 15 is 0 Å². The maximum Gasteiger partial charge on any atom is 0.233 e. The minimum Gasteiger partial charge on any atom is -0.309 e. The second-order valence-corrected chi connectivity index (χ2v) is 9.55. The molecule has 4 fully saturated rings. The third-order valence-electron chi connectivity index (χ3n) is 6.87. The Morgan fingerprint density at radius 3 is 2.57 bits per heavy atom. The topological polar surface area (TPSA) is 20.3 Å². The molecular formula is C20H24ClNO. The monoisotopic (exact) mass is 329 g/mol. The summed E-state index contributed by atoms with van der Waals surface area (Å²) in [5.74, 6) is 1.71. The van der Waals surface area contributed by atoms with Crippen LogP contribution in [-0.4, -0.2) is 16.8 Å². The van der Waals surface area contributed by atoms with Gasteiger partial charge in [0.25, 0.3) is 0 Å². The molecule has 3 atom stereocenters. The van der Waals surface area contributed by atoms with Crippen LogP contribution < -0.4 is 4.90 Å². The molecular weight excluding hydrogens is 306 g/mol. The number of carbonyl (C=O) groups is 1. The number of anilines is 1. The van der Waals surface area contributed by atoms with Gasteiger partial charge in [-0.3, -0.25) is 4.79 Å². The van der Waals surface area contributed by atoms with Crippen LogP contribution in [0.2, 0.25) is 0 Å². The van der Waals surface area contributed by atoms with Gasteiger partial charge in [-0.25, -0.2) is 0 Å². The summed E-state index contributed by atoms with van der Waals surface area (Å²) in [5, 5.41) is 0. The molecule has 0 aromatic heterocycles. The van der Waals surface area contributed by atoms with Crippen LogP contribution in [0.1, 0.15) is 51.0 Å². The fourth-order valence-corrected chi connectivity index (χ4v) is 7.22. The van der Waals surface area contributed by atoms with Crippen molar-refractivity contribution in [1.82, 2.24) is 0 Å². The lowest BCUT2D eigenvalue weighted by Crippen LogP contribution is -2.59. The first kappa shape index (κ1) is 14.3. The molecule has 4 aliphatic carbocycles. The molecule has 6 rings (SSSR count). The number of hydrogen-bond donors (Lipinski definition) is 0. The number of carbonyl (C=O) groups excluding carboxylic acids is 1. The van der Waals surface area contributed by atoms with Gasteiger partial charge in [0.05, 0.1) is 5.41 Å². The number of hydrogen-bond acceptors (Lipinski definition) is 1. The van der Waals surface area contributed by atoms with Gasteiger partial charge < -0.3 is 4.90 Å². The van der Waals surface area contributed by atoms with Gasteiger partial charge in [0.15, 0.2) is 0 Å². The number of para-hydroxylation sites is 1. The van der Waals surface area contributed by atoms with Gasteiger partial charge in [-0.05, 0) is 75.3 Å². The SMILES string of the molecule is C[C@H]1Cc2ccccc2N1C(=O)C12C[C@H]3C[C@@H](CC(Cl)(C3)C1)C2. The maximum atomic E-state index is 13.7. The van der Waals surface area contributed by atoms with Crippen LogP contribution in [0.25, 0.3) is 0 Å². The third-order valence-corrected chi connectivity index (χ3v) is 7.31. The number of nitrogens with zero attached hydrogens (tertiary/aromatic N) is 1. The summed E-state index contributed by atoms with van der Waals surface area (Å²) in [5.41, 5.74) is 2.28. The number of fused-ring (bicyclic) bond motifs is 1. The van der Waals surface area contributed by atoms with Crippen molar-refractivity contribution in [3.05, 3.63) is 29.8 Å². The Labute approximate surface area is 143 Å². The van der Waals surface area contributed by atoms with Crippen LogP contribution in [-0.2, 0) is 11.2 Å². The molecule has 3 heteroatoms. The molecule has 0 radical (unpaired) electrons. The van der Waals surface area contributed by atoms with Crippen molar-refractivity contribution in [2.24, 2.45) is 17.3 Å². The summed E-state index contributed by atoms with van der Waals surface area (Å²) < 4.78 is 0. The fraction of sp³-hybridized carbons (Fsp3) is 0.650. The number of alkyl halides is 1. The molecule has 4 saturated carbocycles. The second kappa shape index (κ2) is 4.53. The molecule has 0 N–H and O–H groups in total. The van der Waals surface area contributed by atoms with E-state index in [4.69, 9.17) is 11.6 Å². The highest BCUT2D eigenvalue weighted by Gasteiger charge is 2.61. The fourth-order valence-electron chi connectivity index (χ4n) is 6.53. The Kier molecular flexibility index (Phi) is 2.83. The lowest BCUT2D eigenvalue weighted by Gasteiger charge is -2.59. The second-order valence-electron chi connectivity index (χ2n) is 8.75. The van der Waals surface area contributed by atoms with Gasteiger partial charge in [-0.2, -0.15) is 0 Å². The van der Waals surface area contributed by atoms with Crippen molar-refractivity contribution in [3.63, 3.8) is 0 Å². The zero-order valence-corrected chi connectivity index (χ0v) is 14.5. The molecule has 1 aromatic carbocycles. The zero-order valence-electron chi connectivity index (χ0n) is 13.7. The highest BCUT2D eigenvalue weighted by atomic mass is 35.5. The van der Waals surface area contributed by atoms with Crippen LogP contribution in [0.15, 0.2) is 24.3 Å². The quantitative estimate of drug-likeness (QED) is 0.692. The van der Waals surface area contributed by atoms with Crippen LogP contribution in [0.4, 0.5) is 5.69 Å². The molecule has 0 spiro atoms. The highest BCUT2D eigenvalue weighted by Crippen LogP contribution is 2.64. The average molecular weight is 330 g/mol. The summed E-state index contributed by atoms with van der Waals surface area (Å²) in [4.78, 5) is 15.7. The Balaban J connectivity index is 1.54. The van der Waals surface area contributed by atoms with Gasteiger partial charge in [-0.15, -0.1) is 11.6 Å². The van der Waals surface area contributed by atoms with Crippen molar-refractivity contribution in [3.8, 4) is 0 Å². The molecule has 5 aliphatic rings. The summed E-state index contributed by atoms with van der Waals surface area (Å²) in [6, 6.07) is 8.70. The van der Waals surface area contributed by atoms with E-state index in [-0.39, 0.29) is 16.3 Å². The highest BCUT2D eigenvalue weighted by molar-refractivity contribution is 6.24. The van der Waals surface area contributed by atoms with Crippen LogP contribution in [0, 0.1) is 17.3 Å². The largest absolute Gasteiger partial charge is 0.309 e. The average Bonchev–Trinajstić information content (AvgIpc) is 2.79. The van der Waals surface area contributed by atoms with Crippen molar-refractivity contribution in [2.75, 3.05) is 4.90 Å². The standard InChI is InChI=1S/C20H24ClNO/c1-13-6-16-4-2-3-5-17(16)22(13)18(23)19-8-14-7-15(9-19)11-20(21,10-14)12-19/h2-5,13-15H,6-12H2,1H3/t13-,14+,15+,19?,20?/m0/s1. The predicted octanol–water partition coefficient (Wildman–Crippen LogP) is 4.54. The lowest BCUT2D eigenvalue weighted by atomic mass is 9.49. The van der Waals surface area contributed by atoms with Gasteiger partial charge in [0.1, 0.15) is 0 Å². The minimum atomic E-state index is -0.183. The summed E-state index contributed by atoms with van der Waals surface area (Å²) in [7, 11) is 0. The maximum absolute atomic E-state index is 13.7. The molecule has 0 unspecified atom stereocenters. The Hall–Kier alpha value is -1.02. The van der Waals surface area contributed by atoms with E-state index in [0.29, 0.717) is 17.7 Å². The molecule has 4 bridgehead atoms. The molecule has 0 saturated heterocycles. The Bertz CT molecular complexity index is 670. The van der Waals surface area contributed by atoms with E-state index in [2.05, 4.69) is 36.1 Å². The van der Waals surface area contributed by atoms with Crippen LogP contribution in [0.5, 0.6) is 0 Å². The van der Waals surface area contributed by atoms with Crippen molar-refractivity contribution < 1.29 is 4.79 Å². The van der Waals surface area contributed by atoms with E-state index in [1.165, 1.54) is 12.0 Å². The van der Waals surface area contributed by atoms with Gasteiger partial charge >= 0.3 is 0 Å². The van der Waals surface area contributed by atoms with Crippen molar-refractivity contribution >= 4 is 23.2 Å². The first-order valence-corrected chi connectivity index (χ1v) is 9.46. The van der Waals surface area contributed by atoms with E-state index in [0.717, 1.165) is 44.2 Å². The van der Waals surface area contributed by atoms with E-state index in [1.807, 2.05) is 0 Å².